The van der Waals surface area contributed by atoms with E-state index in [1.165, 1.54) is 4.90 Å². The van der Waals surface area contributed by atoms with Gasteiger partial charge in [0.15, 0.2) is 0 Å². The van der Waals surface area contributed by atoms with Crippen LogP contribution in [0.3, 0.4) is 0 Å². The van der Waals surface area contributed by atoms with Crippen LogP contribution in [-0.4, -0.2) is 31.7 Å². The molecule has 0 aliphatic rings. The molecule has 0 fully saturated rings. The van der Waals surface area contributed by atoms with Gasteiger partial charge in [0.1, 0.15) is 0 Å². The molecule has 0 aromatic heterocycles. The fourth-order valence-electron chi connectivity index (χ4n) is 0.641. The quantitative estimate of drug-likeness (QED) is 0.586. The Hall–Kier alpha value is -0.730. The van der Waals surface area contributed by atoms with E-state index in [2.05, 4.69) is 6.92 Å². The molecule has 0 saturated heterocycles. The molecular formula is C8H17NO2. The first-order chi connectivity index (χ1) is 5.18. The topological polar surface area (TPSA) is 29.5 Å². The van der Waals surface area contributed by atoms with Crippen molar-refractivity contribution in [2.24, 2.45) is 0 Å². The number of unbranched alkanes of at least 4 members (excludes halogenated alkanes) is 2. The maximum atomic E-state index is 10.8. The van der Waals surface area contributed by atoms with E-state index < -0.39 is 0 Å². The van der Waals surface area contributed by atoms with Crippen LogP contribution in [0.25, 0.3) is 0 Å². The number of rotatable bonds is 4. The molecule has 0 heterocycles. The average Bonchev–Trinajstić information content (AvgIpc) is 1.97. The van der Waals surface area contributed by atoms with Crippen molar-refractivity contribution in [3.8, 4) is 0 Å². The summed E-state index contributed by atoms with van der Waals surface area (Å²) in [6.45, 7) is 2.67. The molecule has 0 saturated carbocycles. The lowest BCUT2D eigenvalue weighted by Crippen LogP contribution is -2.23. The highest BCUT2D eigenvalue weighted by molar-refractivity contribution is 5.66. The van der Waals surface area contributed by atoms with Crippen LogP contribution >= 0.6 is 0 Å². The Morgan fingerprint density at radius 2 is 2.00 bits per heavy atom. The second-order valence-corrected chi connectivity index (χ2v) is 2.72. The lowest BCUT2D eigenvalue weighted by atomic mass is 10.3. The maximum absolute atomic E-state index is 10.8. The molecule has 0 aliphatic carbocycles. The molecule has 0 aliphatic heterocycles. The highest BCUT2D eigenvalue weighted by atomic mass is 16.6. The van der Waals surface area contributed by atoms with Gasteiger partial charge in [-0.25, -0.2) is 4.79 Å². The van der Waals surface area contributed by atoms with Gasteiger partial charge in [-0.1, -0.05) is 19.8 Å². The summed E-state index contributed by atoms with van der Waals surface area (Å²) in [5, 5.41) is 0. The number of carbonyl (C=O) groups excluding carboxylic acids is 1. The average molecular weight is 159 g/mol. The van der Waals surface area contributed by atoms with Crippen molar-refractivity contribution in [2.75, 3.05) is 20.7 Å². The third kappa shape index (κ3) is 5.70. The summed E-state index contributed by atoms with van der Waals surface area (Å²) in [6.07, 6.45) is 3.00. The Kier molecular flexibility index (Phi) is 5.61. The molecule has 0 rings (SSSR count). The highest BCUT2D eigenvalue weighted by Gasteiger charge is 2.02. The Morgan fingerprint density at radius 1 is 1.36 bits per heavy atom. The summed E-state index contributed by atoms with van der Waals surface area (Å²) in [5.41, 5.74) is 0. The molecule has 0 atom stereocenters. The van der Waals surface area contributed by atoms with Gasteiger partial charge >= 0.3 is 6.09 Å². The minimum Gasteiger partial charge on any atom is -0.449 e. The molecule has 0 radical (unpaired) electrons. The van der Waals surface area contributed by atoms with Gasteiger partial charge in [-0.15, -0.1) is 0 Å². The van der Waals surface area contributed by atoms with Crippen molar-refractivity contribution in [3.05, 3.63) is 0 Å². The smallest absolute Gasteiger partial charge is 0.409 e. The summed E-state index contributed by atoms with van der Waals surface area (Å²) in [6, 6.07) is 0. The van der Waals surface area contributed by atoms with Crippen LogP contribution in [0.1, 0.15) is 26.2 Å². The van der Waals surface area contributed by atoms with Crippen molar-refractivity contribution in [3.63, 3.8) is 0 Å². The van der Waals surface area contributed by atoms with E-state index in [-0.39, 0.29) is 6.09 Å². The van der Waals surface area contributed by atoms with Gasteiger partial charge in [-0.05, 0) is 6.42 Å². The number of nitrogens with zero attached hydrogens (tertiary/aromatic N) is 1. The van der Waals surface area contributed by atoms with E-state index in [0.29, 0.717) is 6.61 Å². The lowest BCUT2D eigenvalue weighted by Gasteiger charge is -2.10. The zero-order valence-electron chi connectivity index (χ0n) is 7.59. The van der Waals surface area contributed by atoms with Gasteiger partial charge in [0.2, 0.25) is 0 Å². The van der Waals surface area contributed by atoms with Gasteiger partial charge in [0.05, 0.1) is 6.61 Å². The molecule has 0 aromatic rings. The number of ether oxygens (including phenoxy) is 1. The molecule has 3 heteroatoms. The minimum atomic E-state index is -0.249. The minimum absolute atomic E-state index is 0.249. The van der Waals surface area contributed by atoms with Crippen LogP contribution in [0.15, 0.2) is 0 Å². The van der Waals surface area contributed by atoms with Crippen molar-refractivity contribution in [2.45, 2.75) is 26.2 Å². The van der Waals surface area contributed by atoms with Crippen LogP contribution in [0, 0.1) is 0 Å². The largest absolute Gasteiger partial charge is 0.449 e. The van der Waals surface area contributed by atoms with Crippen LogP contribution < -0.4 is 0 Å². The van der Waals surface area contributed by atoms with E-state index in [4.69, 9.17) is 4.74 Å². The number of hydrogen-bond donors (Lipinski definition) is 0. The third-order valence-corrected chi connectivity index (χ3v) is 1.34. The molecule has 11 heavy (non-hydrogen) atoms. The standard InChI is InChI=1S/C8H17NO2/c1-4-5-6-7-11-8(10)9(2)3/h4-7H2,1-3H3. The molecule has 0 aromatic carbocycles. The van der Waals surface area contributed by atoms with Gasteiger partial charge in [0.25, 0.3) is 0 Å². The molecule has 0 spiro atoms. The number of hydrogen-bond acceptors (Lipinski definition) is 2. The van der Waals surface area contributed by atoms with Crippen LogP contribution in [0.2, 0.25) is 0 Å². The fourth-order valence-corrected chi connectivity index (χ4v) is 0.641. The molecule has 1 amide bonds. The first-order valence-electron chi connectivity index (χ1n) is 4.02. The summed E-state index contributed by atoms with van der Waals surface area (Å²) in [4.78, 5) is 12.2. The molecule has 3 nitrogen and oxygen atoms in total. The number of amides is 1. The summed E-state index contributed by atoms with van der Waals surface area (Å²) in [5.74, 6) is 0. The maximum Gasteiger partial charge on any atom is 0.409 e. The van der Waals surface area contributed by atoms with Crippen LogP contribution in [0.5, 0.6) is 0 Å². The van der Waals surface area contributed by atoms with Gasteiger partial charge in [-0.3, -0.25) is 0 Å². The van der Waals surface area contributed by atoms with E-state index in [9.17, 15) is 4.79 Å². The van der Waals surface area contributed by atoms with Gasteiger partial charge < -0.3 is 9.64 Å². The molecule has 0 unspecified atom stereocenters. The van der Waals surface area contributed by atoms with Crippen molar-refractivity contribution in [1.82, 2.24) is 4.90 Å². The zero-order valence-corrected chi connectivity index (χ0v) is 7.59. The van der Waals surface area contributed by atoms with Crippen LogP contribution in [0.4, 0.5) is 4.79 Å². The highest BCUT2D eigenvalue weighted by Crippen LogP contribution is 1.95. The Labute approximate surface area is 68.3 Å². The molecule has 66 valence electrons. The fraction of sp³-hybridized carbons (Fsp3) is 0.875. The Morgan fingerprint density at radius 3 is 2.45 bits per heavy atom. The van der Waals surface area contributed by atoms with Crippen molar-refractivity contribution in [1.29, 1.82) is 0 Å². The van der Waals surface area contributed by atoms with E-state index >= 15 is 0 Å². The van der Waals surface area contributed by atoms with Gasteiger partial charge in [0, 0.05) is 14.1 Å². The Bertz CT molecular complexity index is 113. The molecular weight excluding hydrogens is 142 g/mol. The monoisotopic (exact) mass is 159 g/mol. The van der Waals surface area contributed by atoms with E-state index in [0.717, 1.165) is 19.3 Å². The third-order valence-electron chi connectivity index (χ3n) is 1.34. The summed E-state index contributed by atoms with van der Waals surface area (Å²) < 4.78 is 4.89. The predicted molar refractivity (Wildman–Crippen MR) is 44.6 cm³/mol. The van der Waals surface area contributed by atoms with E-state index in [1.54, 1.807) is 14.1 Å². The molecule has 0 bridgehead atoms. The second-order valence-electron chi connectivity index (χ2n) is 2.72. The van der Waals surface area contributed by atoms with Crippen molar-refractivity contribution < 1.29 is 9.53 Å². The Balaban J connectivity index is 3.18. The summed E-state index contributed by atoms with van der Waals surface area (Å²) in [7, 11) is 3.37. The predicted octanol–water partition coefficient (Wildman–Crippen LogP) is 1.87. The number of carbonyl (C=O) groups is 1. The summed E-state index contributed by atoms with van der Waals surface area (Å²) >= 11 is 0. The second kappa shape index (κ2) is 6.01. The SMILES string of the molecule is CCCCCOC(=O)N(C)C. The first-order valence-corrected chi connectivity index (χ1v) is 4.02. The first kappa shape index (κ1) is 10.3. The van der Waals surface area contributed by atoms with Crippen LogP contribution in [-0.2, 0) is 4.74 Å². The van der Waals surface area contributed by atoms with Gasteiger partial charge in [-0.2, -0.15) is 0 Å². The molecule has 0 N–H and O–H groups in total. The normalized spacial score (nSPS) is 9.36. The van der Waals surface area contributed by atoms with Crippen molar-refractivity contribution >= 4 is 6.09 Å². The van der Waals surface area contributed by atoms with E-state index in [1.807, 2.05) is 0 Å². The zero-order chi connectivity index (χ0) is 8.69. The lowest BCUT2D eigenvalue weighted by molar-refractivity contribution is 0.116.